The lowest BCUT2D eigenvalue weighted by Crippen LogP contribution is -2.45. The zero-order chi connectivity index (χ0) is 14.5. The molecule has 1 aromatic rings. The minimum atomic E-state index is 0.505. The first kappa shape index (κ1) is 15.3. The average Bonchev–Trinajstić information content (AvgIpc) is 2.47. The maximum atomic E-state index is 3.35. The molecule has 0 amide bonds. The fourth-order valence-corrected chi connectivity index (χ4v) is 3.23. The van der Waals surface area contributed by atoms with Crippen LogP contribution in [0.25, 0.3) is 0 Å². The summed E-state index contributed by atoms with van der Waals surface area (Å²) >= 11 is 0. The summed E-state index contributed by atoms with van der Waals surface area (Å²) in [7, 11) is 6.24. The van der Waals surface area contributed by atoms with Gasteiger partial charge in [-0.15, -0.1) is 0 Å². The van der Waals surface area contributed by atoms with Gasteiger partial charge in [-0.1, -0.05) is 18.6 Å². The van der Waals surface area contributed by atoms with Gasteiger partial charge in [0.15, 0.2) is 0 Å². The van der Waals surface area contributed by atoms with Crippen LogP contribution < -0.4 is 10.2 Å². The molecule has 2 atom stereocenters. The van der Waals surface area contributed by atoms with Crippen LogP contribution in [0.5, 0.6) is 0 Å². The van der Waals surface area contributed by atoms with E-state index in [-0.39, 0.29) is 0 Å². The minimum Gasteiger partial charge on any atom is -0.378 e. The SMILES string of the molecule is CNCC1CCCCN1C(C)c1ccc(N(C)C)cc1. The van der Waals surface area contributed by atoms with Gasteiger partial charge in [0.25, 0.3) is 0 Å². The van der Waals surface area contributed by atoms with Gasteiger partial charge in [-0.25, -0.2) is 0 Å². The molecule has 20 heavy (non-hydrogen) atoms. The predicted octanol–water partition coefficient (Wildman–Crippen LogP) is 2.89. The number of nitrogens with zero attached hydrogens (tertiary/aromatic N) is 2. The average molecular weight is 275 g/mol. The second kappa shape index (κ2) is 7.09. The summed E-state index contributed by atoms with van der Waals surface area (Å²) in [5.74, 6) is 0. The van der Waals surface area contributed by atoms with Gasteiger partial charge in [-0.05, 0) is 51.1 Å². The number of likely N-dealkylation sites (N-methyl/N-ethyl adjacent to an activating group) is 1. The van der Waals surface area contributed by atoms with Crippen molar-refractivity contribution in [3.63, 3.8) is 0 Å². The van der Waals surface area contributed by atoms with Crippen molar-refractivity contribution >= 4 is 5.69 Å². The van der Waals surface area contributed by atoms with Crippen LogP contribution in [-0.4, -0.2) is 45.2 Å². The van der Waals surface area contributed by atoms with E-state index in [1.54, 1.807) is 0 Å². The fraction of sp³-hybridized carbons (Fsp3) is 0.647. The predicted molar refractivity (Wildman–Crippen MR) is 87.5 cm³/mol. The molecular formula is C17H29N3. The van der Waals surface area contributed by atoms with E-state index in [9.17, 15) is 0 Å². The summed E-state index contributed by atoms with van der Waals surface area (Å²) in [6.07, 6.45) is 4.02. The first-order chi connectivity index (χ1) is 9.63. The molecule has 0 aliphatic carbocycles. The Morgan fingerprint density at radius 2 is 1.95 bits per heavy atom. The van der Waals surface area contributed by atoms with Crippen LogP contribution in [0.1, 0.15) is 37.8 Å². The first-order valence-electron chi connectivity index (χ1n) is 7.81. The van der Waals surface area contributed by atoms with Gasteiger partial charge in [0, 0.05) is 38.4 Å². The molecule has 1 saturated heterocycles. The van der Waals surface area contributed by atoms with E-state index in [0.717, 1.165) is 6.54 Å². The van der Waals surface area contributed by atoms with Crippen molar-refractivity contribution < 1.29 is 0 Å². The molecule has 1 heterocycles. The summed E-state index contributed by atoms with van der Waals surface area (Å²) in [5, 5.41) is 3.35. The maximum Gasteiger partial charge on any atom is 0.0361 e. The van der Waals surface area contributed by atoms with Crippen molar-refractivity contribution in [3.8, 4) is 0 Å². The third-order valence-corrected chi connectivity index (χ3v) is 4.50. The zero-order valence-electron chi connectivity index (χ0n) is 13.4. The van der Waals surface area contributed by atoms with Crippen LogP contribution >= 0.6 is 0 Å². The van der Waals surface area contributed by atoms with E-state index in [0.29, 0.717) is 12.1 Å². The molecule has 1 aliphatic heterocycles. The standard InChI is InChI=1S/C17H29N3/c1-14(15-8-10-16(11-9-15)19(3)4)20-12-6-5-7-17(20)13-18-2/h8-11,14,17-18H,5-7,12-13H2,1-4H3. The molecule has 3 heteroatoms. The van der Waals surface area contributed by atoms with E-state index in [4.69, 9.17) is 0 Å². The van der Waals surface area contributed by atoms with Gasteiger partial charge >= 0.3 is 0 Å². The summed E-state index contributed by atoms with van der Waals surface area (Å²) in [4.78, 5) is 4.82. The molecule has 2 rings (SSSR count). The van der Waals surface area contributed by atoms with Crippen molar-refractivity contribution in [1.29, 1.82) is 0 Å². The monoisotopic (exact) mass is 275 g/mol. The highest BCUT2D eigenvalue weighted by atomic mass is 15.2. The lowest BCUT2D eigenvalue weighted by atomic mass is 9.97. The van der Waals surface area contributed by atoms with E-state index >= 15 is 0 Å². The first-order valence-corrected chi connectivity index (χ1v) is 7.81. The van der Waals surface area contributed by atoms with Crippen LogP contribution in [-0.2, 0) is 0 Å². The Bertz CT molecular complexity index is 397. The van der Waals surface area contributed by atoms with E-state index < -0.39 is 0 Å². The quantitative estimate of drug-likeness (QED) is 0.891. The minimum absolute atomic E-state index is 0.505. The highest BCUT2D eigenvalue weighted by molar-refractivity contribution is 5.46. The largest absolute Gasteiger partial charge is 0.378 e. The van der Waals surface area contributed by atoms with Crippen LogP contribution in [0, 0.1) is 0 Å². The number of hydrogen-bond acceptors (Lipinski definition) is 3. The molecule has 0 bridgehead atoms. The Kier molecular flexibility index (Phi) is 5.44. The Balaban J connectivity index is 2.09. The van der Waals surface area contributed by atoms with Gasteiger partial charge in [0.1, 0.15) is 0 Å². The number of hydrogen-bond donors (Lipinski definition) is 1. The summed E-state index contributed by atoms with van der Waals surface area (Å²) in [5.41, 5.74) is 2.70. The van der Waals surface area contributed by atoms with Crippen molar-refractivity contribution in [2.24, 2.45) is 0 Å². The molecule has 1 aliphatic rings. The second-order valence-electron chi connectivity index (χ2n) is 6.11. The summed E-state index contributed by atoms with van der Waals surface area (Å²) < 4.78 is 0. The Morgan fingerprint density at radius 3 is 2.55 bits per heavy atom. The number of likely N-dealkylation sites (tertiary alicyclic amines) is 1. The highest BCUT2D eigenvalue weighted by Gasteiger charge is 2.26. The highest BCUT2D eigenvalue weighted by Crippen LogP contribution is 2.29. The molecule has 0 saturated carbocycles. The van der Waals surface area contributed by atoms with Gasteiger partial charge < -0.3 is 10.2 Å². The van der Waals surface area contributed by atoms with Crippen molar-refractivity contribution in [1.82, 2.24) is 10.2 Å². The molecule has 0 radical (unpaired) electrons. The molecular weight excluding hydrogens is 246 g/mol. The maximum absolute atomic E-state index is 3.35. The van der Waals surface area contributed by atoms with Crippen molar-refractivity contribution in [2.75, 3.05) is 39.1 Å². The number of anilines is 1. The second-order valence-corrected chi connectivity index (χ2v) is 6.11. The summed E-state index contributed by atoms with van der Waals surface area (Å²) in [6.45, 7) is 4.67. The van der Waals surface area contributed by atoms with Gasteiger partial charge in [-0.2, -0.15) is 0 Å². The zero-order valence-corrected chi connectivity index (χ0v) is 13.4. The number of rotatable bonds is 5. The van der Waals surface area contributed by atoms with Crippen LogP contribution in [0.4, 0.5) is 5.69 Å². The normalized spacial score (nSPS) is 21.7. The third kappa shape index (κ3) is 3.53. The molecule has 1 N–H and O–H groups in total. The molecule has 0 aromatic heterocycles. The van der Waals surface area contributed by atoms with Crippen LogP contribution in [0.15, 0.2) is 24.3 Å². The van der Waals surface area contributed by atoms with Crippen molar-refractivity contribution in [3.05, 3.63) is 29.8 Å². The van der Waals surface area contributed by atoms with Gasteiger partial charge in [-0.3, -0.25) is 4.90 Å². The van der Waals surface area contributed by atoms with E-state index in [1.165, 1.54) is 37.1 Å². The molecule has 1 fully saturated rings. The van der Waals surface area contributed by atoms with Crippen LogP contribution in [0.3, 0.4) is 0 Å². The Hall–Kier alpha value is -1.06. The molecule has 3 nitrogen and oxygen atoms in total. The van der Waals surface area contributed by atoms with Crippen molar-refractivity contribution in [2.45, 2.75) is 38.3 Å². The Labute approximate surface area is 124 Å². The summed E-state index contributed by atoms with van der Waals surface area (Å²) in [6, 6.07) is 10.2. The molecule has 0 spiro atoms. The van der Waals surface area contributed by atoms with Gasteiger partial charge in [0.05, 0.1) is 0 Å². The number of benzene rings is 1. The molecule has 112 valence electrons. The lowest BCUT2D eigenvalue weighted by Gasteiger charge is -2.40. The fourth-order valence-electron chi connectivity index (χ4n) is 3.23. The topological polar surface area (TPSA) is 18.5 Å². The van der Waals surface area contributed by atoms with Gasteiger partial charge in [0.2, 0.25) is 0 Å². The third-order valence-electron chi connectivity index (χ3n) is 4.50. The smallest absolute Gasteiger partial charge is 0.0361 e. The molecule has 2 unspecified atom stereocenters. The number of nitrogens with one attached hydrogen (secondary N) is 1. The van der Waals surface area contributed by atoms with E-state index in [1.807, 2.05) is 0 Å². The van der Waals surface area contributed by atoms with E-state index in [2.05, 4.69) is 67.4 Å². The van der Waals surface area contributed by atoms with Crippen LogP contribution in [0.2, 0.25) is 0 Å². The number of piperidine rings is 1. The molecule has 1 aromatic carbocycles. The Morgan fingerprint density at radius 1 is 1.25 bits per heavy atom. The lowest BCUT2D eigenvalue weighted by molar-refractivity contribution is 0.103.